The molecule has 0 saturated carbocycles. The monoisotopic (exact) mass is 329 g/mol. The Morgan fingerprint density at radius 1 is 1.29 bits per heavy atom. The molecule has 0 aliphatic carbocycles. The highest BCUT2D eigenvalue weighted by Gasteiger charge is 2.39. The smallest absolute Gasteiger partial charge is 0.228 e. The highest BCUT2D eigenvalue weighted by Crippen LogP contribution is 2.34. The number of benzene rings is 1. The molecule has 2 heterocycles. The van der Waals surface area contributed by atoms with Gasteiger partial charge in [-0.25, -0.2) is 0 Å². The van der Waals surface area contributed by atoms with Crippen molar-refractivity contribution < 1.29 is 9.26 Å². The molecule has 24 heavy (non-hydrogen) atoms. The molecule has 5 nitrogen and oxygen atoms in total. The molecule has 3 rings (SSSR count). The van der Waals surface area contributed by atoms with Gasteiger partial charge in [0.1, 0.15) is 0 Å². The van der Waals surface area contributed by atoms with E-state index in [4.69, 9.17) is 9.26 Å². The molecule has 0 radical (unpaired) electrons. The number of hydrogen-bond acceptors (Lipinski definition) is 5. The second kappa shape index (κ2) is 7.90. The van der Waals surface area contributed by atoms with Gasteiger partial charge in [0, 0.05) is 31.2 Å². The van der Waals surface area contributed by atoms with E-state index in [1.54, 1.807) is 7.11 Å². The molecule has 1 atom stereocenters. The molecule has 2 aromatic rings. The van der Waals surface area contributed by atoms with Crippen molar-refractivity contribution in [1.29, 1.82) is 0 Å². The molecule has 1 aliphatic heterocycles. The van der Waals surface area contributed by atoms with E-state index >= 15 is 0 Å². The third-order valence-electron chi connectivity index (χ3n) is 4.97. The van der Waals surface area contributed by atoms with Crippen molar-refractivity contribution in [2.24, 2.45) is 0 Å². The maximum Gasteiger partial charge on any atom is 0.228 e. The molecule has 0 amide bonds. The summed E-state index contributed by atoms with van der Waals surface area (Å²) in [5.41, 5.74) is 1.18. The van der Waals surface area contributed by atoms with Crippen molar-refractivity contribution in [3.63, 3.8) is 0 Å². The third kappa shape index (κ3) is 3.68. The maximum absolute atomic E-state index is 5.53. The van der Waals surface area contributed by atoms with Gasteiger partial charge in [-0.05, 0) is 25.8 Å². The average molecular weight is 329 g/mol. The van der Waals surface area contributed by atoms with Crippen molar-refractivity contribution in [1.82, 2.24) is 15.0 Å². The van der Waals surface area contributed by atoms with Gasteiger partial charge in [-0.3, -0.25) is 4.90 Å². The van der Waals surface area contributed by atoms with Crippen LogP contribution in [0.15, 0.2) is 34.9 Å². The normalized spacial score (nSPS) is 21.4. The summed E-state index contributed by atoms with van der Waals surface area (Å²) in [7, 11) is 1.80. The van der Waals surface area contributed by atoms with Crippen LogP contribution in [0.2, 0.25) is 0 Å². The molecular weight excluding hydrogens is 302 g/mol. The molecule has 0 bridgehead atoms. The van der Waals surface area contributed by atoms with Crippen LogP contribution in [0.4, 0.5) is 0 Å². The molecule has 1 saturated heterocycles. The lowest BCUT2D eigenvalue weighted by Crippen LogP contribution is -2.48. The highest BCUT2D eigenvalue weighted by molar-refractivity contribution is 5.53. The van der Waals surface area contributed by atoms with Gasteiger partial charge >= 0.3 is 0 Å². The summed E-state index contributed by atoms with van der Waals surface area (Å²) in [5.74, 6) is 1.38. The molecule has 130 valence electrons. The molecule has 1 fully saturated rings. The van der Waals surface area contributed by atoms with Crippen molar-refractivity contribution in [2.45, 2.75) is 44.6 Å². The van der Waals surface area contributed by atoms with E-state index in [1.807, 2.05) is 30.3 Å². The Bertz CT molecular complexity index is 621. The lowest BCUT2D eigenvalue weighted by molar-refractivity contribution is 0.0307. The lowest BCUT2D eigenvalue weighted by Gasteiger charge is -2.38. The zero-order valence-corrected chi connectivity index (χ0v) is 14.7. The summed E-state index contributed by atoms with van der Waals surface area (Å²) in [6.07, 6.45) is 5.60. The van der Waals surface area contributed by atoms with Crippen molar-refractivity contribution in [3.05, 3.63) is 36.2 Å². The fourth-order valence-corrected chi connectivity index (χ4v) is 3.89. The SMILES string of the molecule is CCCC1(COC)CCCN1CCc1nc(-c2ccccc2)no1. The first-order chi connectivity index (χ1) is 11.8. The first-order valence-corrected chi connectivity index (χ1v) is 8.89. The average Bonchev–Trinajstić information content (AvgIpc) is 3.22. The molecule has 1 aromatic carbocycles. The van der Waals surface area contributed by atoms with Gasteiger partial charge in [-0.2, -0.15) is 4.98 Å². The number of methoxy groups -OCH3 is 1. The number of rotatable bonds is 8. The summed E-state index contributed by atoms with van der Waals surface area (Å²) in [6.45, 7) is 5.13. The van der Waals surface area contributed by atoms with Crippen LogP contribution >= 0.6 is 0 Å². The standard InChI is InChI=1S/C19H27N3O2/c1-3-11-19(15-23-2)12-7-13-22(19)14-10-17-20-18(21-24-17)16-8-5-4-6-9-16/h4-6,8-9H,3,7,10-15H2,1-2H3. The predicted octanol–water partition coefficient (Wildman–Crippen LogP) is 3.56. The van der Waals surface area contributed by atoms with E-state index in [2.05, 4.69) is 22.0 Å². The first-order valence-electron chi connectivity index (χ1n) is 8.89. The molecule has 1 unspecified atom stereocenters. The van der Waals surface area contributed by atoms with Crippen LogP contribution in [0.1, 0.15) is 38.5 Å². The molecule has 5 heteroatoms. The Morgan fingerprint density at radius 2 is 2.12 bits per heavy atom. The summed E-state index contributed by atoms with van der Waals surface area (Å²) in [5, 5.41) is 4.11. The minimum atomic E-state index is 0.186. The van der Waals surface area contributed by atoms with Crippen molar-refractivity contribution in [2.75, 3.05) is 26.8 Å². The fourth-order valence-electron chi connectivity index (χ4n) is 3.89. The van der Waals surface area contributed by atoms with Crippen molar-refractivity contribution in [3.8, 4) is 11.4 Å². The Kier molecular flexibility index (Phi) is 5.63. The molecule has 1 aromatic heterocycles. The maximum atomic E-state index is 5.53. The minimum Gasteiger partial charge on any atom is -0.383 e. The van der Waals surface area contributed by atoms with E-state index in [0.29, 0.717) is 11.7 Å². The second-order valence-electron chi connectivity index (χ2n) is 6.63. The summed E-state index contributed by atoms with van der Waals surface area (Å²) < 4.78 is 11.0. The number of hydrogen-bond donors (Lipinski definition) is 0. The van der Waals surface area contributed by atoms with Gasteiger partial charge in [0.2, 0.25) is 11.7 Å². The first kappa shape index (κ1) is 17.1. The molecule has 0 spiro atoms. The van der Waals surface area contributed by atoms with E-state index in [0.717, 1.165) is 31.7 Å². The van der Waals surface area contributed by atoms with Crippen LogP contribution in [-0.4, -0.2) is 47.4 Å². The van der Waals surface area contributed by atoms with E-state index in [-0.39, 0.29) is 5.54 Å². The molecule has 0 N–H and O–H groups in total. The minimum absolute atomic E-state index is 0.186. The Labute approximate surface area is 144 Å². The number of nitrogens with zero attached hydrogens (tertiary/aromatic N) is 3. The second-order valence-corrected chi connectivity index (χ2v) is 6.63. The van der Waals surface area contributed by atoms with Crippen LogP contribution in [0, 0.1) is 0 Å². The number of ether oxygens (including phenoxy) is 1. The van der Waals surface area contributed by atoms with E-state index in [9.17, 15) is 0 Å². The summed E-state index contributed by atoms with van der Waals surface area (Å²) >= 11 is 0. The van der Waals surface area contributed by atoms with E-state index < -0.39 is 0 Å². The van der Waals surface area contributed by atoms with Gasteiger partial charge in [-0.15, -0.1) is 0 Å². The Balaban J connectivity index is 1.64. The molecular formula is C19H27N3O2. The Morgan fingerprint density at radius 3 is 2.88 bits per heavy atom. The largest absolute Gasteiger partial charge is 0.383 e. The number of aromatic nitrogens is 2. The lowest BCUT2D eigenvalue weighted by atomic mass is 9.91. The van der Waals surface area contributed by atoms with Crippen molar-refractivity contribution >= 4 is 0 Å². The summed E-state index contributed by atoms with van der Waals surface area (Å²) in [4.78, 5) is 7.11. The van der Waals surface area contributed by atoms with Gasteiger partial charge in [-0.1, -0.05) is 48.8 Å². The van der Waals surface area contributed by atoms with Gasteiger partial charge in [0.15, 0.2) is 0 Å². The highest BCUT2D eigenvalue weighted by atomic mass is 16.5. The van der Waals surface area contributed by atoms with Crippen LogP contribution < -0.4 is 0 Å². The van der Waals surface area contributed by atoms with Crippen LogP contribution in [0.5, 0.6) is 0 Å². The van der Waals surface area contributed by atoms with E-state index in [1.165, 1.54) is 25.7 Å². The van der Waals surface area contributed by atoms with Gasteiger partial charge in [0.25, 0.3) is 0 Å². The zero-order valence-electron chi connectivity index (χ0n) is 14.7. The van der Waals surface area contributed by atoms with Crippen LogP contribution in [-0.2, 0) is 11.2 Å². The zero-order chi connectivity index (χ0) is 16.8. The number of likely N-dealkylation sites (tertiary alicyclic amines) is 1. The quantitative estimate of drug-likeness (QED) is 0.741. The van der Waals surface area contributed by atoms with Crippen LogP contribution in [0.3, 0.4) is 0 Å². The van der Waals surface area contributed by atoms with Gasteiger partial charge in [0.05, 0.1) is 6.61 Å². The predicted molar refractivity (Wildman–Crippen MR) is 93.8 cm³/mol. The fraction of sp³-hybridized carbons (Fsp3) is 0.579. The van der Waals surface area contributed by atoms with Gasteiger partial charge < -0.3 is 9.26 Å². The third-order valence-corrected chi connectivity index (χ3v) is 4.97. The Hall–Kier alpha value is -1.72. The summed E-state index contributed by atoms with van der Waals surface area (Å²) in [6, 6.07) is 9.96. The molecule has 1 aliphatic rings. The topological polar surface area (TPSA) is 51.4 Å². The van der Waals surface area contributed by atoms with Crippen LogP contribution in [0.25, 0.3) is 11.4 Å².